The molecular weight excluding hydrogens is 412 g/mol. The lowest BCUT2D eigenvalue weighted by Crippen LogP contribution is -2.44. The van der Waals surface area contributed by atoms with Gasteiger partial charge in [0.25, 0.3) is 0 Å². The van der Waals surface area contributed by atoms with E-state index in [1.807, 2.05) is 12.1 Å². The maximum Gasteiger partial charge on any atom is 0.329 e. The van der Waals surface area contributed by atoms with E-state index in [1.165, 1.54) is 10.1 Å². The van der Waals surface area contributed by atoms with Crippen LogP contribution in [-0.2, 0) is 21.4 Å². The molecule has 3 heterocycles. The van der Waals surface area contributed by atoms with E-state index in [9.17, 15) is 19.2 Å². The van der Waals surface area contributed by atoms with Crippen LogP contribution in [0, 0.1) is 11.8 Å². The number of nitrogens with one attached hydrogen (secondary N) is 1. The molecule has 2 aliphatic heterocycles. The van der Waals surface area contributed by atoms with E-state index >= 15 is 0 Å². The Morgan fingerprint density at radius 2 is 1.88 bits per heavy atom. The fraction of sp³-hybridized carbons (Fsp3) is 0.565. The van der Waals surface area contributed by atoms with E-state index in [4.69, 9.17) is 5.11 Å². The summed E-state index contributed by atoms with van der Waals surface area (Å²) in [4.78, 5) is 50.2. The average Bonchev–Trinajstić information content (AvgIpc) is 3.50. The highest BCUT2D eigenvalue weighted by atomic mass is 16.4. The number of fused-ring (bicyclic) bond motifs is 1. The van der Waals surface area contributed by atoms with Crippen molar-refractivity contribution in [2.24, 2.45) is 18.9 Å². The predicted octanol–water partition coefficient (Wildman–Crippen LogP) is 1.22. The number of hydrogen-bond acceptors (Lipinski definition) is 5. The lowest BCUT2D eigenvalue weighted by molar-refractivity contribution is -0.139. The highest BCUT2D eigenvalue weighted by Gasteiger charge is 2.44. The molecule has 3 atom stereocenters. The van der Waals surface area contributed by atoms with Gasteiger partial charge >= 0.3 is 11.7 Å². The third-order valence-electron chi connectivity index (χ3n) is 7.43. The molecule has 32 heavy (non-hydrogen) atoms. The number of carboxylic acid groups (broad SMARTS) is 1. The number of nitrogens with zero attached hydrogens (tertiary/aromatic N) is 3. The minimum atomic E-state index is -0.673. The smallest absolute Gasteiger partial charge is 0.329 e. The lowest BCUT2D eigenvalue weighted by Gasteiger charge is -2.32. The van der Waals surface area contributed by atoms with Crippen molar-refractivity contribution in [1.29, 1.82) is 0 Å². The number of imide groups is 1. The molecule has 2 N–H and O–H groups in total. The molecule has 0 radical (unpaired) electrons. The molecule has 1 saturated carbocycles. The van der Waals surface area contributed by atoms with Crippen molar-refractivity contribution in [3.05, 3.63) is 34.2 Å². The number of carbonyl (C=O) groups excluding carboxylic acids is 2. The summed E-state index contributed by atoms with van der Waals surface area (Å²) in [6.07, 6.45) is 3.34. The summed E-state index contributed by atoms with van der Waals surface area (Å²) in [6.45, 7) is 2.76. The molecule has 2 aromatic rings. The van der Waals surface area contributed by atoms with Crippen LogP contribution < -0.4 is 11.0 Å². The van der Waals surface area contributed by atoms with Gasteiger partial charge in [0.1, 0.15) is 6.04 Å². The Hall–Kier alpha value is -2.94. The van der Waals surface area contributed by atoms with Crippen LogP contribution in [0.1, 0.15) is 49.6 Å². The van der Waals surface area contributed by atoms with Gasteiger partial charge in [0.05, 0.1) is 17.0 Å². The van der Waals surface area contributed by atoms with Gasteiger partial charge in [0.2, 0.25) is 11.8 Å². The maximum atomic E-state index is 12.9. The molecule has 1 aliphatic carbocycles. The van der Waals surface area contributed by atoms with Crippen molar-refractivity contribution >= 4 is 28.8 Å². The van der Waals surface area contributed by atoms with Crippen molar-refractivity contribution in [3.63, 3.8) is 0 Å². The van der Waals surface area contributed by atoms with Gasteiger partial charge in [-0.25, -0.2) is 4.79 Å². The quantitative estimate of drug-likeness (QED) is 0.676. The maximum absolute atomic E-state index is 12.9. The lowest BCUT2D eigenvalue weighted by atomic mass is 9.89. The highest BCUT2D eigenvalue weighted by Crippen LogP contribution is 2.40. The zero-order chi connectivity index (χ0) is 22.6. The second kappa shape index (κ2) is 7.88. The average molecular weight is 441 g/mol. The normalized spacial score (nSPS) is 27.0. The van der Waals surface area contributed by atoms with E-state index in [2.05, 4.69) is 16.3 Å². The summed E-state index contributed by atoms with van der Waals surface area (Å²) in [6, 6.07) is 5.35. The number of rotatable bonds is 5. The molecule has 5 rings (SSSR count). The number of aryl methyl sites for hydroxylation is 1. The number of aromatic nitrogens is 2. The zero-order valence-corrected chi connectivity index (χ0v) is 18.1. The SMILES string of the molecule is Cn1c(=O)n(C2CCC(=O)NC2=O)c2ccc(C3CCN(CC4CC4C(=O)O)CC3)cc21. The first-order chi connectivity index (χ1) is 15.3. The molecule has 9 nitrogen and oxygen atoms in total. The number of amides is 2. The van der Waals surface area contributed by atoms with Gasteiger partial charge in [-0.2, -0.15) is 0 Å². The van der Waals surface area contributed by atoms with E-state index in [0.717, 1.165) is 44.4 Å². The van der Waals surface area contributed by atoms with E-state index < -0.39 is 17.9 Å². The molecule has 3 unspecified atom stereocenters. The molecule has 9 heteroatoms. The van der Waals surface area contributed by atoms with Crippen molar-refractivity contribution in [2.75, 3.05) is 19.6 Å². The Bertz CT molecular complexity index is 1160. The van der Waals surface area contributed by atoms with Crippen LogP contribution in [-0.4, -0.2) is 56.6 Å². The number of likely N-dealkylation sites (tertiary alicyclic amines) is 1. The number of imidazole rings is 1. The van der Waals surface area contributed by atoms with Gasteiger partial charge in [-0.1, -0.05) is 6.07 Å². The van der Waals surface area contributed by atoms with Gasteiger partial charge < -0.3 is 10.0 Å². The standard InChI is InChI=1S/C23H28N4O5/c1-25-19-11-14(13-6-8-26(9-7-13)12-15-10-16(15)22(30)31)2-3-17(19)27(23(25)32)18-4-5-20(28)24-21(18)29/h2-3,11,13,15-16,18H,4-10,12H2,1H3,(H,30,31)(H,24,28,29). The molecule has 0 spiro atoms. The second-order valence-corrected chi connectivity index (χ2v) is 9.44. The number of carbonyl (C=O) groups is 3. The largest absolute Gasteiger partial charge is 0.481 e. The summed E-state index contributed by atoms with van der Waals surface area (Å²) < 4.78 is 3.09. The van der Waals surface area contributed by atoms with Gasteiger partial charge in [-0.05, 0) is 68.3 Å². The molecular formula is C23H28N4O5. The number of hydrogen-bond donors (Lipinski definition) is 2. The Labute approximate surface area is 185 Å². The van der Waals surface area contributed by atoms with E-state index in [-0.39, 0.29) is 23.9 Å². The van der Waals surface area contributed by atoms with Crippen LogP contribution in [0.4, 0.5) is 0 Å². The zero-order valence-electron chi connectivity index (χ0n) is 18.1. The van der Waals surface area contributed by atoms with Crippen LogP contribution in [0.15, 0.2) is 23.0 Å². The summed E-state index contributed by atoms with van der Waals surface area (Å²) in [7, 11) is 1.72. The van der Waals surface area contributed by atoms with Crippen molar-refractivity contribution in [3.8, 4) is 0 Å². The number of aliphatic carboxylic acids is 1. The molecule has 1 aromatic carbocycles. The first-order valence-electron chi connectivity index (χ1n) is 11.3. The molecule has 170 valence electrons. The summed E-state index contributed by atoms with van der Waals surface area (Å²) >= 11 is 0. The van der Waals surface area contributed by atoms with Crippen LogP contribution in [0.25, 0.3) is 11.0 Å². The van der Waals surface area contributed by atoms with Crippen LogP contribution in [0.3, 0.4) is 0 Å². The van der Waals surface area contributed by atoms with Crippen LogP contribution >= 0.6 is 0 Å². The third kappa shape index (κ3) is 3.64. The number of benzene rings is 1. The Balaban J connectivity index is 1.32. The first kappa shape index (κ1) is 20.9. The molecule has 2 saturated heterocycles. The molecule has 2 amide bonds. The third-order valence-corrected chi connectivity index (χ3v) is 7.43. The van der Waals surface area contributed by atoms with E-state index in [0.29, 0.717) is 23.8 Å². The first-order valence-corrected chi connectivity index (χ1v) is 11.3. The monoisotopic (exact) mass is 440 g/mol. The Kier molecular flexibility index (Phi) is 5.16. The fourth-order valence-electron chi connectivity index (χ4n) is 5.40. The minimum Gasteiger partial charge on any atom is -0.481 e. The highest BCUT2D eigenvalue weighted by molar-refractivity contribution is 6.00. The fourth-order valence-corrected chi connectivity index (χ4v) is 5.40. The van der Waals surface area contributed by atoms with Gasteiger partial charge in [0.15, 0.2) is 0 Å². The topological polar surface area (TPSA) is 114 Å². The van der Waals surface area contributed by atoms with Gasteiger partial charge in [0, 0.05) is 20.0 Å². The molecule has 0 bridgehead atoms. The molecule has 3 fully saturated rings. The van der Waals surface area contributed by atoms with Crippen LogP contribution in [0.2, 0.25) is 0 Å². The Morgan fingerprint density at radius 1 is 1.12 bits per heavy atom. The Morgan fingerprint density at radius 3 is 2.53 bits per heavy atom. The minimum absolute atomic E-state index is 0.162. The summed E-state index contributed by atoms with van der Waals surface area (Å²) in [5.74, 6) is -0.875. The number of piperidine rings is 2. The van der Waals surface area contributed by atoms with Crippen molar-refractivity contribution in [2.45, 2.75) is 44.1 Å². The summed E-state index contributed by atoms with van der Waals surface area (Å²) in [5.41, 5.74) is 2.44. The van der Waals surface area contributed by atoms with Crippen molar-refractivity contribution < 1.29 is 19.5 Å². The second-order valence-electron chi connectivity index (χ2n) is 9.44. The number of carboxylic acids is 1. The summed E-state index contributed by atoms with van der Waals surface area (Å²) in [5, 5.41) is 11.4. The molecule has 1 aromatic heterocycles. The predicted molar refractivity (Wildman–Crippen MR) is 116 cm³/mol. The van der Waals surface area contributed by atoms with E-state index in [1.54, 1.807) is 11.6 Å². The van der Waals surface area contributed by atoms with Crippen LogP contribution in [0.5, 0.6) is 0 Å². The van der Waals surface area contributed by atoms with Crippen molar-refractivity contribution in [1.82, 2.24) is 19.4 Å². The van der Waals surface area contributed by atoms with Gasteiger partial charge in [-0.3, -0.25) is 28.8 Å². The molecule has 3 aliphatic rings. The van der Waals surface area contributed by atoms with Gasteiger partial charge in [-0.15, -0.1) is 0 Å².